The van der Waals surface area contributed by atoms with E-state index in [1.807, 2.05) is 12.1 Å². The molecule has 0 saturated heterocycles. The summed E-state index contributed by atoms with van der Waals surface area (Å²) in [4.78, 5) is 5.90. The maximum atomic E-state index is 5.43. The summed E-state index contributed by atoms with van der Waals surface area (Å²) in [6.45, 7) is 1.43. The van der Waals surface area contributed by atoms with Crippen LogP contribution in [0.1, 0.15) is 36.3 Å². The van der Waals surface area contributed by atoms with Crippen LogP contribution in [0.15, 0.2) is 22.8 Å². The summed E-state index contributed by atoms with van der Waals surface area (Å²) < 4.78 is 10.7. The van der Waals surface area contributed by atoms with Gasteiger partial charge in [-0.25, -0.2) is 4.98 Å². The van der Waals surface area contributed by atoms with E-state index in [1.54, 1.807) is 24.7 Å². The van der Waals surface area contributed by atoms with Crippen LogP contribution in [0.5, 0.6) is 0 Å². The molecule has 2 aromatic rings. The summed E-state index contributed by atoms with van der Waals surface area (Å²) in [6.07, 6.45) is 6.97. The molecule has 1 fully saturated rings. The van der Waals surface area contributed by atoms with Gasteiger partial charge in [-0.3, -0.25) is 0 Å². The Kier molecular flexibility index (Phi) is 4.50. The normalized spacial score (nSPS) is 16.1. The fourth-order valence-corrected chi connectivity index (χ4v) is 3.63. The van der Waals surface area contributed by atoms with Crippen molar-refractivity contribution in [1.29, 1.82) is 0 Å². The molecule has 20 heavy (non-hydrogen) atoms. The Morgan fingerprint density at radius 3 is 3.00 bits per heavy atom. The van der Waals surface area contributed by atoms with Crippen molar-refractivity contribution in [1.82, 2.24) is 10.3 Å². The Hall–Kier alpha value is -1.17. The summed E-state index contributed by atoms with van der Waals surface area (Å²) in [5.74, 6) is 0.833. The van der Waals surface area contributed by atoms with E-state index >= 15 is 0 Å². The lowest BCUT2D eigenvalue weighted by molar-refractivity contribution is 0.181. The lowest BCUT2D eigenvalue weighted by Crippen LogP contribution is -2.25. The number of ether oxygens (including phenoxy) is 1. The molecular formula is C15H20N2O2S. The first kappa shape index (κ1) is 13.8. The zero-order valence-electron chi connectivity index (χ0n) is 11.7. The minimum atomic E-state index is 0.554. The quantitative estimate of drug-likeness (QED) is 0.884. The first-order chi connectivity index (χ1) is 9.86. The van der Waals surface area contributed by atoms with Crippen molar-refractivity contribution >= 4 is 11.3 Å². The van der Waals surface area contributed by atoms with E-state index in [9.17, 15) is 0 Å². The van der Waals surface area contributed by atoms with Crippen LogP contribution >= 0.6 is 11.3 Å². The zero-order chi connectivity index (χ0) is 13.8. The molecule has 0 amide bonds. The highest BCUT2D eigenvalue weighted by atomic mass is 32.1. The molecule has 0 radical (unpaired) electrons. The molecule has 5 heteroatoms. The molecule has 0 atom stereocenters. The van der Waals surface area contributed by atoms with Gasteiger partial charge in [0.2, 0.25) is 0 Å². The molecule has 3 rings (SSSR count). The largest absolute Gasteiger partial charge is 0.462 e. The number of rotatable bonds is 6. The van der Waals surface area contributed by atoms with Crippen LogP contribution in [0.4, 0.5) is 0 Å². The van der Waals surface area contributed by atoms with Gasteiger partial charge < -0.3 is 14.5 Å². The molecule has 0 bridgehead atoms. The van der Waals surface area contributed by atoms with E-state index in [0.717, 1.165) is 23.0 Å². The third-order valence-corrected chi connectivity index (χ3v) is 4.81. The molecule has 0 spiro atoms. The van der Waals surface area contributed by atoms with Gasteiger partial charge in [-0.2, -0.15) is 0 Å². The van der Waals surface area contributed by atoms with Gasteiger partial charge in [-0.05, 0) is 25.0 Å². The summed E-state index contributed by atoms with van der Waals surface area (Å²) in [5, 5.41) is 4.57. The van der Waals surface area contributed by atoms with Crippen LogP contribution in [0, 0.1) is 0 Å². The monoisotopic (exact) mass is 292 g/mol. The van der Waals surface area contributed by atoms with Crippen molar-refractivity contribution in [3.8, 4) is 10.8 Å². The molecule has 1 saturated carbocycles. The van der Waals surface area contributed by atoms with E-state index in [-0.39, 0.29) is 0 Å². The van der Waals surface area contributed by atoms with Crippen LogP contribution in [0.2, 0.25) is 0 Å². The lowest BCUT2D eigenvalue weighted by Gasteiger charge is -2.11. The minimum absolute atomic E-state index is 0.554. The van der Waals surface area contributed by atoms with Crippen LogP contribution in [-0.2, 0) is 17.9 Å². The Labute approximate surface area is 123 Å². The SMILES string of the molecule is COCc1nc(-c2ccco2)sc1CNC1CCCC1. The number of thiazole rings is 1. The Morgan fingerprint density at radius 1 is 1.45 bits per heavy atom. The fraction of sp³-hybridized carbons (Fsp3) is 0.533. The Balaban J connectivity index is 1.73. The highest BCUT2D eigenvalue weighted by Crippen LogP contribution is 2.29. The Morgan fingerprint density at radius 2 is 2.30 bits per heavy atom. The summed E-state index contributed by atoms with van der Waals surface area (Å²) in [7, 11) is 1.71. The van der Waals surface area contributed by atoms with Gasteiger partial charge >= 0.3 is 0 Å². The van der Waals surface area contributed by atoms with E-state index in [4.69, 9.17) is 9.15 Å². The van der Waals surface area contributed by atoms with Gasteiger partial charge in [-0.1, -0.05) is 12.8 Å². The molecule has 2 aromatic heterocycles. The molecule has 1 aliphatic rings. The average molecular weight is 292 g/mol. The smallest absolute Gasteiger partial charge is 0.162 e. The fourth-order valence-electron chi connectivity index (χ4n) is 2.64. The van der Waals surface area contributed by atoms with Crippen molar-refractivity contribution in [2.24, 2.45) is 0 Å². The van der Waals surface area contributed by atoms with E-state index in [1.165, 1.54) is 30.6 Å². The predicted molar refractivity (Wildman–Crippen MR) is 79.6 cm³/mol. The molecule has 108 valence electrons. The maximum Gasteiger partial charge on any atom is 0.162 e. The maximum absolute atomic E-state index is 5.43. The third-order valence-electron chi connectivity index (χ3n) is 3.70. The van der Waals surface area contributed by atoms with Crippen molar-refractivity contribution in [2.75, 3.05) is 7.11 Å². The number of aromatic nitrogens is 1. The number of furan rings is 1. The van der Waals surface area contributed by atoms with Gasteiger partial charge in [0.15, 0.2) is 10.8 Å². The molecule has 0 aromatic carbocycles. The second-order valence-corrected chi connectivity index (χ2v) is 6.25. The highest BCUT2D eigenvalue weighted by Gasteiger charge is 2.17. The van der Waals surface area contributed by atoms with Gasteiger partial charge in [0, 0.05) is 24.6 Å². The number of hydrogen-bond acceptors (Lipinski definition) is 5. The van der Waals surface area contributed by atoms with Gasteiger partial charge in [0.25, 0.3) is 0 Å². The topological polar surface area (TPSA) is 47.3 Å². The number of nitrogens with one attached hydrogen (secondary N) is 1. The van der Waals surface area contributed by atoms with Crippen molar-refractivity contribution in [2.45, 2.75) is 44.9 Å². The second kappa shape index (κ2) is 6.52. The van der Waals surface area contributed by atoms with Gasteiger partial charge in [-0.15, -0.1) is 11.3 Å². The van der Waals surface area contributed by atoms with Crippen molar-refractivity contribution in [3.05, 3.63) is 29.0 Å². The molecule has 1 N–H and O–H groups in total. The molecule has 0 aliphatic heterocycles. The van der Waals surface area contributed by atoms with Crippen LogP contribution in [-0.4, -0.2) is 18.1 Å². The number of methoxy groups -OCH3 is 1. The average Bonchev–Trinajstić information content (AvgIpc) is 3.19. The molecule has 4 nitrogen and oxygen atoms in total. The first-order valence-corrected chi connectivity index (χ1v) is 7.93. The number of hydrogen-bond donors (Lipinski definition) is 1. The van der Waals surface area contributed by atoms with E-state index in [2.05, 4.69) is 10.3 Å². The highest BCUT2D eigenvalue weighted by molar-refractivity contribution is 7.15. The van der Waals surface area contributed by atoms with Gasteiger partial charge in [0.1, 0.15) is 0 Å². The van der Waals surface area contributed by atoms with Crippen molar-refractivity contribution < 1.29 is 9.15 Å². The second-order valence-electron chi connectivity index (χ2n) is 5.16. The minimum Gasteiger partial charge on any atom is -0.462 e. The molecule has 2 heterocycles. The van der Waals surface area contributed by atoms with E-state index < -0.39 is 0 Å². The molecule has 0 unspecified atom stereocenters. The van der Waals surface area contributed by atoms with Crippen LogP contribution in [0.3, 0.4) is 0 Å². The van der Waals surface area contributed by atoms with Gasteiger partial charge in [0.05, 0.1) is 18.6 Å². The third kappa shape index (κ3) is 3.11. The summed E-state index contributed by atoms with van der Waals surface area (Å²) in [5.41, 5.74) is 1.02. The first-order valence-electron chi connectivity index (χ1n) is 7.11. The standard InChI is InChI=1S/C15H20N2O2S/c1-18-10-12-14(9-16-11-5-2-3-6-11)20-15(17-12)13-7-4-8-19-13/h4,7-8,11,16H,2-3,5-6,9-10H2,1H3. The zero-order valence-corrected chi connectivity index (χ0v) is 12.5. The van der Waals surface area contributed by atoms with Crippen molar-refractivity contribution in [3.63, 3.8) is 0 Å². The number of nitrogens with zero attached hydrogens (tertiary/aromatic N) is 1. The van der Waals surface area contributed by atoms with Crippen LogP contribution < -0.4 is 5.32 Å². The summed E-state index contributed by atoms with van der Waals surface area (Å²) in [6, 6.07) is 4.51. The Bertz CT molecular complexity index is 530. The predicted octanol–water partition coefficient (Wildman–Crippen LogP) is 3.58. The molecular weight excluding hydrogens is 272 g/mol. The summed E-state index contributed by atoms with van der Waals surface area (Å²) >= 11 is 1.69. The van der Waals surface area contributed by atoms with Crippen LogP contribution in [0.25, 0.3) is 10.8 Å². The molecule has 1 aliphatic carbocycles. The lowest BCUT2D eigenvalue weighted by atomic mass is 10.2. The van der Waals surface area contributed by atoms with E-state index in [0.29, 0.717) is 12.6 Å².